The standard InChI is InChI=1S/C14H17BrN4/c1-2-3-12-18-13(9-6-10(15)8-17-7-9)14(16)19(12)11-4-5-11/h6-8,11H,2-5,16H2,1H3. The molecule has 1 aliphatic carbocycles. The van der Waals surface area contributed by atoms with Gasteiger partial charge in [-0.2, -0.15) is 0 Å². The lowest BCUT2D eigenvalue weighted by molar-refractivity contribution is 0.676. The fraction of sp³-hybridized carbons (Fsp3) is 0.429. The average molecular weight is 321 g/mol. The smallest absolute Gasteiger partial charge is 0.132 e. The van der Waals surface area contributed by atoms with Gasteiger partial charge in [-0.25, -0.2) is 4.98 Å². The van der Waals surface area contributed by atoms with Gasteiger partial charge in [0.05, 0.1) is 0 Å². The maximum absolute atomic E-state index is 6.31. The lowest BCUT2D eigenvalue weighted by Gasteiger charge is -2.07. The van der Waals surface area contributed by atoms with Crippen molar-refractivity contribution in [1.82, 2.24) is 14.5 Å². The first-order chi connectivity index (χ1) is 9.20. The summed E-state index contributed by atoms with van der Waals surface area (Å²) >= 11 is 3.44. The summed E-state index contributed by atoms with van der Waals surface area (Å²) in [5, 5.41) is 0. The van der Waals surface area contributed by atoms with Gasteiger partial charge >= 0.3 is 0 Å². The van der Waals surface area contributed by atoms with Crippen LogP contribution in [0.5, 0.6) is 0 Å². The van der Waals surface area contributed by atoms with E-state index in [0.717, 1.165) is 40.2 Å². The van der Waals surface area contributed by atoms with Crippen molar-refractivity contribution in [3.05, 3.63) is 28.8 Å². The van der Waals surface area contributed by atoms with Crippen molar-refractivity contribution >= 4 is 21.7 Å². The van der Waals surface area contributed by atoms with Gasteiger partial charge in [-0.05, 0) is 41.3 Å². The fourth-order valence-corrected chi connectivity index (χ4v) is 2.75. The first-order valence-electron chi connectivity index (χ1n) is 6.68. The molecule has 0 bridgehead atoms. The monoisotopic (exact) mass is 320 g/mol. The summed E-state index contributed by atoms with van der Waals surface area (Å²) < 4.78 is 3.17. The molecule has 4 nitrogen and oxygen atoms in total. The molecule has 100 valence electrons. The van der Waals surface area contributed by atoms with E-state index in [0.29, 0.717) is 6.04 Å². The van der Waals surface area contributed by atoms with Gasteiger partial charge in [0.1, 0.15) is 17.3 Å². The molecular formula is C14H17BrN4. The molecule has 0 spiro atoms. The number of halogens is 1. The molecule has 2 aromatic heterocycles. The zero-order chi connectivity index (χ0) is 13.4. The number of aromatic nitrogens is 3. The lowest BCUT2D eigenvalue weighted by atomic mass is 10.2. The molecule has 19 heavy (non-hydrogen) atoms. The van der Waals surface area contributed by atoms with Gasteiger partial charge in [-0.15, -0.1) is 0 Å². The van der Waals surface area contributed by atoms with Gasteiger partial charge in [0, 0.05) is 34.9 Å². The van der Waals surface area contributed by atoms with Crippen molar-refractivity contribution in [2.75, 3.05) is 5.73 Å². The van der Waals surface area contributed by atoms with Gasteiger partial charge in [0.15, 0.2) is 0 Å². The summed E-state index contributed by atoms with van der Waals surface area (Å²) in [5.74, 6) is 1.89. The second-order valence-electron chi connectivity index (χ2n) is 5.00. The summed E-state index contributed by atoms with van der Waals surface area (Å²) in [6.45, 7) is 2.17. The Morgan fingerprint density at radius 2 is 2.21 bits per heavy atom. The molecule has 1 fully saturated rings. The van der Waals surface area contributed by atoms with Crippen LogP contribution in [-0.2, 0) is 6.42 Å². The highest BCUT2D eigenvalue weighted by Gasteiger charge is 2.29. The Kier molecular flexibility index (Phi) is 3.31. The summed E-state index contributed by atoms with van der Waals surface area (Å²) in [7, 11) is 0. The number of hydrogen-bond donors (Lipinski definition) is 1. The van der Waals surface area contributed by atoms with Crippen molar-refractivity contribution in [3.8, 4) is 11.3 Å². The Morgan fingerprint density at radius 1 is 1.42 bits per heavy atom. The molecule has 5 heteroatoms. The van der Waals surface area contributed by atoms with Gasteiger partial charge in [0.25, 0.3) is 0 Å². The highest BCUT2D eigenvalue weighted by atomic mass is 79.9. The van der Waals surface area contributed by atoms with E-state index in [1.54, 1.807) is 6.20 Å². The molecule has 0 saturated heterocycles. The van der Waals surface area contributed by atoms with E-state index in [9.17, 15) is 0 Å². The third-order valence-corrected chi connectivity index (χ3v) is 3.82. The molecule has 0 unspecified atom stereocenters. The number of nitrogens with zero attached hydrogens (tertiary/aromatic N) is 3. The van der Waals surface area contributed by atoms with E-state index in [1.807, 2.05) is 12.3 Å². The van der Waals surface area contributed by atoms with Crippen LogP contribution in [-0.4, -0.2) is 14.5 Å². The van der Waals surface area contributed by atoms with Crippen LogP contribution < -0.4 is 5.73 Å². The zero-order valence-electron chi connectivity index (χ0n) is 10.9. The van der Waals surface area contributed by atoms with E-state index in [-0.39, 0.29) is 0 Å². The molecule has 2 aromatic rings. The number of nitrogen functional groups attached to an aromatic ring is 1. The molecule has 3 rings (SSSR count). The molecule has 2 N–H and O–H groups in total. The first kappa shape index (κ1) is 12.7. The van der Waals surface area contributed by atoms with Gasteiger partial charge in [0.2, 0.25) is 0 Å². The van der Waals surface area contributed by atoms with Gasteiger partial charge in [-0.1, -0.05) is 6.92 Å². The van der Waals surface area contributed by atoms with Crippen LogP contribution >= 0.6 is 15.9 Å². The second kappa shape index (κ2) is 4.96. The zero-order valence-corrected chi connectivity index (χ0v) is 12.5. The predicted octanol–water partition coefficient (Wildman–Crippen LogP) is 3.58. The largest absolute Gasteiger partial charge is 0.383 e. The topological polar surface area (TPSA) is 56.7 Å². The predicted molar refractivity (Wildman–Crippen MR) is 79.8 cm³/mol. The van der Waals surface area contributed by atoms with Crippen LogP contribution in [0.2, 0.25) is 0 Å². The number of hydrogen-bond acceptors (Lipinski definition) is 3. The fourth-order valence-electron chi connectivity index (χ4n) is 2.39. The number of nitrogens with two attached hydrogens (primary N) is 1. The molecule has 1 saturated carbocycles. The van der Waals surface area contributed by atoms with Crippen molar-refractivity contribution in [3.63, 3.8) is 0 Å². The lowest BCUT2D eigenvalue weighted by Crippen LogP contribution is -2.05. The Morgan fingerprint density at radius 3 is 2.84 bits per heavy atom. The normalized spacial score (nSPS) is 14.8. The van der Waals surface area contributed by atoms with E-state index in [1.165, 1.54) is 12.8 Å². The van der Waals surface area contributed by atoms with Crippen LogP contribution in [0.15, 0.2) is 22.9 Å². The highest BCUT2D eigenvalue weighted by molar-refractivity contribution is 9.10. The van der Waals surface area contributed by atoms with Crippen LogP contribution in [0.25, 0.3) is 11.3 Å². The minimum absolute atomic E-state index is 0.558. The average Bonchev–Trinajstić information content (AvgIpc) is 3.16. The summed E-state index contributed by atoms with van der Waals surface area (Å²) in [6.07, 6.45) is 8.07. The molecule has 1 aliphatic rings. The maximum Gasteiger partial charge on any atom is 0.132 e. The van der Waals surface area contributed by atoms with Crippen LogP contribution in [0, 0.1) is 0 Å². The molecule has 0 aliphatic heterocycles. The van der Waals surface area contributed by atoms with Crippen LogP contribution in [0.4, 0.5) is 5.82 Å². The number of anilines is 1. The first-order valence-corrected chi connectivity index (χ1v) is 7.47. The number of imidazole rings is 1. The Hall–Kier alpha value is -1.36. The molecule has 0 atom stereocenters. The van der Waals surface area contributed by atoms with E-state index >= 15 is 0 Å². The molecule has 0 amide bonds. The molecule has 0 aromatic carbocycles. The van der Waals surface area contributed by atoms with Gasteiger partial charge < -0.3 is 10.3 Å². The van der Waals surface area contributed by atoms with Crippen molar-refractivity contribution in [2.24, 2.45) is 0 Å². The molecule has 0 radical (unpaired) electrons. The highest BCUT2D eigenvalue weighted by Crippen LogP contribution is 2.41. The quantitative estimate of drug-likeness (QED) is 0.936. The third kappa shape index (κ3) is 2.39. The van der Waals surface area contributed by atoms with Crippen molar-refractivity contribution in [2.45, 2.75) is 38.6 Å². The Balaban J connectivity index is 2.08. The van der Waals surface area contributed by atoms with E-state index in [4.69, 9.17) is 10.7 Å². The minimum atomic E-state index is 0.558. The molecular weight excluding hydrogens is 304 g/mol. The van der Waals surface area contributed by atoms with Crippen molar-refractivity contribution in [1.29, 1.82) is 0 Å². The van der Waals surface area contributed by atoms with Gasteiger partial charge in [-0.3, -0.25) is 4.98 Å². The number of aryl methyl sites for hydroxylation is 1. The SMILES string of the molecule is CCCc1nc(-c2cncc(Br)c2)c(N)n1C1CC1. The third-order valence-electron chi connectivity index (χ3n) is 3.39. The molecule has 2 heterocycles. The number of rotatable bonds is 4. The van der Waals surface area contributed by atoms with Crippen LogP contribution in [0.3, 0.4) is 0 Å². The van der Waals surface area contributed by atoms with E-state index < -0.39 is 0 Å². The summed E-state index contributed by atoms with van der Waals surface area (Å²) in [4.78, 5) is 8.94. The second-order valence-corrected chi connectivity index (χ2v) is 5.92. The number of pyridine rings is 1. The minimum Gasteiger partial charge on any atom is -0.383 e. The van der Waals surface area contributed by atoms with Crippen molar-refractivity contribution < 1.29 is 0 Å². The van der Waals surface area contributed by atoms with E-state index in [2.05, 4.69) is 32.4 Å². The Bertz CT molecular complexity index is 601. The summed E-state index contributed by atoms with van der Waals surface area (Å²) in [6, 6.07) is 2.57. The maximum atomic E-state index is 6.31. The van der Waals surface area contributed by atoms with Crippen LogP contribution in [0.1, 0.15) is 38.1 Å². The summed E-state index contributed by atoms with van der Waals surface area (Å²) in [5.41, 5.74) is 8.16. The Labute approximate surface area is 121 Å².